The zero-order valence-electron chi connectivity index (χ0n) is 39.5. The molecule has 0 bridgehead atoms. The average Bonchev–Trinajstić information content (AvgIpc) is 3.42. The highest BCUT2D eigenvalue weighted by Crippen LogP contribution is 2.36. The summed E-state index contributed by atoms with van der Waals surface area (Å²) in [6.07, 6.45) is -11.3. The molecule has 10 atom stereocenters. The number of methoxy groups -OCH3 is 2. The van der Waals surface area contributed by atoms with Crippen molar-refractivity contribution in [2.45, 2.75) is 87.8 Å². The fourth-order valence-corrected chi connectivity index (χ4v) is 8.36. The van der Waals surface area contributed by atoms with Crippen molar-refractivity contribution in [2.75, 3.05) is 33.3 Å². The Kier molecular flexibility index (Phi) is 19.1. The van der Waals surface area contributed by atoms with Gasteiger partial charge in [0, 0.05) is 0 Å². The minimum absolute atomic E-state index is 0.0871. The lowest BCUT2D eigenvalue weighted by atomic mass is 9.95. The molecule has 6 aromatic carbocycles. The second-order valence-corrected chi connectivity index (χ2v) is 17.1. The van der Waals surface area contributed by atoms with Crippen molar-refractivity contribution in [1.29, 1.82) is 0 Å². The highest BCUT2D eigenvalue weighted by molar-refractivity contribution is 6.26. The summed E-state index contributed by atoms with van der Waals surface area (Å²) in [6.45, 7) is 0.174. The van der Waals surface area contributed by atoms with Gasteiger partial charge in [-0.25, -0.2) is 0 Å². The van der Waals surface area contributed by atoms with Crippen LogP contribution in [0.2, 0.25) is 0 Å². The molecule has 0 radical (unpaired) electrons. The molecule has 2 fully saturated rings. The molecule has 2 aliphatic heterocycles. The van der Waals surface area contributed by atoms with Gasteiger partial charge in [-0.2, -0.15) is 0 Å². The number of carbonyl (C=O) groups excluding carboxylic acids is 1. The van der Waals surface area contributed by atoms with E-state index in [0.717, 1.165) is 22.3 Å². The normalized spacial score (nSPS) is 24.1. The van der Waals surface area contributed by atoms with E-state index in [1.807, 2.05) is 121 Å². The van der Waals surface area contributed by atoms with Crippen LogP contribution < -0.4 is 18.9 Å². The predicted octanol–water partition coefficient (Wildman–Crippen LogP) is 8.48. The standard InChI is InChI=1S/C56H59ClO14/c1-60-42-23-27-44(28-24-42)62-36-46-50(51(64-32-38-15-7-3-8-16-38)53(55(59)68-46)66-34-40-19-11-5-12-20-40)71-56-54(67-35-41-21-13-6-14-22-41)52(65-33-39-17-9-4-10-18-39)49(70-48(58)31-57)47(69-56)37-63-45-29-25-43(61-2)26-30-45/h3-30,46-47,49-56,59H,31-37H2,1-2H3/t46-,47-,49+,50+,51+,52+,53-,54-,55-,56-/m1/s1. The predicted molar refractivity (Wildman–Crippen MR) is 262 cm³/mol. The van der Waals surface area contributed by atoms with Crippen molar-refractivity contribution in [2.24, 2.45) is 0 Å². The van der Waals surface area contributed by atoms with Crippen LogP contribution in [0.15, 0.2) is 170 Å². The van der Waals surface area contributed by atoms with Crippen LogP contribution in [0, 0.1) is 0 Å². The minimum Gasteiger partial charge on any atom is -0.497 e. The van der Waals surface area contributed by atoms with Gasteiger partial charge in [-0.3, -0.25) is 4.79 Å². The number of hydrogen-bond acceptors (Lipinski definition) is 14. The van der Waals surface area contributed by atoms with E-state index in [4.69, 9.17) is 68.4 Å². The van der Waals surface area contributed by atoms with Gasteiger partial charge in [0.25, 0.3) is 0 Å². The number of aliphatic hydroxyl groups is 1. The van der Waals surface area contributed by atoms with Crippen molar-refractivity contribution in [3.05, 3.63) is 192 Å². The van der Waals surface area contributed by atoms with E-state index in [2.05, 4.69) is 0 Å². The Labute approximate surface area is 419 Å². The van der Waals surface area contributed by atoms with E-state index in [-0.39, 0.29) is 39.6 Å². The Balaban J connectivity index is 1.20. The monoisotopic (exact) mass is 990 g/mol. The Morgan fingerprint density at radius 1 is 0.465 bits per heavy atom. The summed E-state index contributed by atoms with van der Waals surface area (Å²) in [7, 11) is 3.17. The zero-order chi connectivity index (χ0) is 49.2. The Morgan fingerprint density at radius 2 is 0.831 bits per heavy atom. The number of rotatable bonds is 24. The summed E-state index contributed by atoms with van der Waals surface area (Å²) in [5.74, 6) is 1.15. The number of benzene rings is 6. The van der Waals surface area contributed by atoms with E-state index in [9.17, 15) is 9.90 Å². The van der Waals surface area contributed by atoms with Crippen molar-refractivity contribution in [3.8, 4) is 23.0 Å². The number of hydrogen-bond donors (Lipinski definition) is 1. The lowest BCUT2D eigenvalue weighted by molar-refractivity contribution is -0.369. The molecule has 374 valence electrons. The molecule has 2 heterocycles. The third kappa shape index (κ3) is 14.5. The molecule has 6 aromatic rings. The lowest BCUT2D eigenvalue weighted by Crippen LogP contribution is -2.66. The molecular formula is C56H59ClO14. The van der Waals surface area contributed by atoms with Gasteiger partial charge in [0.2, 0.25) is 0 Å². The number of halogens is 1. The molecule has 0 spiro atoms. The second kappa shape index (κ2) is 26.4. The fourth-order valence-electron chi connectivity index (χ4n) is 8.30. The molecule has 71 heavy (non-hydrogen) atoms. The maximum atomic E-state index is 13.3. The maximum Gasteiger partial charge on any atom is 0.321 e. The highest BCUT2D eigenvalue weighted by Gasteiger charge is 2.55. The molecule has 0 saturated carbocycles. The first-order chi connectivity index (χ1) is 34.9. The lowest BCUT2D eigenvalue weighted by Gasteiger charge is -2.49. The molecule has 14 nitrogen and oxygen atoms in total. The fraction of sp³-hybridized carbons (Fsp3) is 0.339. The van der Waals surface area contributed by atoms with Crippen LogP contribution in [-0.2, 0) is 69.1 Å². The highest BCUT2D eigenvalue weighted by atomic mass is 35.5. The molecule has 2 aliphatic rings. The van der Waals surface area contributed by atoms with Gasteiger partial charge < -0.3 is 61.9 Å². The molecule has 2 saturated heterocycles. The number of carbonyl (C=O) groups is 1. The smallest absolute Gasteiger partial charge is 0.321 e. The van der Waals surface area contributed by atoms with E-state index in [0.29, 0.717) is 23.0 Å². The molecule has 15 heteroatoms. The van der Waals surface area contributed by atoms with E-state index < -0.39 is 73.3 Å². The van der Waals surface area contributed by atoms with E-state index in [1.165, 1.54) is 0 Å². The van der Waals surface area contributed by atoms with Crippen LogP contribution in [0.5, 0.6) is 23.0 Å². The summed E-state index contributed by atoms with van der Waals surface area (Å²) < 4.78 is 77.4. The summed E-state index contributed by atoms with van der Waals surface area (Å²) in [4.78, 5) is 13.3. The SMILES string of the molecule is COc1ccc(OC[C@H]2O[C@@H](O)[C@H](OCc3ccccc3)[C@@H](OCc3ccccc3)[C@H]2O[C@H]2O[C@H](COc3ccc(OC)cc3)[C@H](OC(=O)CCl)[C@H](OCc3ccccc3)[C@H]2OCc2ccccc2)cc1. The molecule has 8 rings (SSSR count). The molecule has 0 unspecified atom stereocenters. The zero-order valence-corrected chi connectivity index (χ0v) is 40.3. The maximum absolute atomic E-state index is 13.3. The van der Waals surface area contributed by atoms with Crippen molar-refractivity contribution < 1.29 is 66.7 Å². The quantitative estimate of drug-likeness (QED) is 0.0457. The van der Waals surface area contributed by atoms with E-state index >= 15 is 0 Å². The van der Waals surface area contributed by atoms with Gasteiger partial charge >= 0.3 is 5.97 Å². The number of esters is 1. The first kappa shape index (κ1) is 51.3. The average molecular weight is 992 g/mol. The van der Waals surface area contributed by atoms with Gasteiger partial charge in [-0.15, -0.1) is 11.6 Å². The number of aliphatic hydroxyl groups excluding tert-OH is 1. The molecular weight excluding hydrogens is 932 g/mol. The third-order valence-corrected chi connectivity index (χ3v) is 12.2. The number of alkyl halides is 1. The Hall–Kier alpha value is -6.04. The van der Waals surface area contributed by atoms with Crippen LogP contribution >= 0.6 is 11.6 Å². The summed E-state index contributed by atoms with van der Waals surface area (Å²) >= 11 is 6.13. The van der Waals surface area contributed by atoms with Crippen molar-refractivity contribution in [1.82, 2.24) is 0 Å². The summed E-state index contributed by atoms with van der Waals surface area (Å²) in [5, 5.41) is 11.9. The van der Waals surface area contributed by atoms with Gasteiger partial charge in [-0.05, 0) is 70.8 Å². The number of ether oxygens (including phenoxy) is 12. The molecule has 0 amide bonds. The Morgan fingerprint density at radius 3 is 1.24 bits per heavy atom. The van der Waals surface area contributed by atoms with Crippen LogP contribution in [0.1, 0.15) is 22.3 Å². The first-order valence-electron chi connectivity index (χ1n) is 23.4. The van der Waals surface area contributed by atoms with Gasteiger partial charge in [0.15, 0.2) is 18.7 Å². The molecule has 1 N–H and O–H groups in total. The summed E-state index contributed by atoms with van der Waals surface area (Å²) in [6, 6.07) is 52.6. The van der Waals surface area contributed by atoms with Gasteiger partial charge in [0.05, 0.1) is 40.6 Å². The topological polar surface area (TPSA) is 148 Å². The van der Waals surface area contributed by atoms with E-state index in [1.54, 1.807) is 62.8 Å². The largest absolute Gasteiger partial charge is 0.497 e. The molecule has 0 aliphatic carbocycles. The van der Waals surface area contributed by atoms with Gasteiger partial charge in [0.1, 0.15) is 84.8 Å². The van der Waals surface area contributed by atoms with Gasteiger partial charge in [-0.1, -0.05) is 121 Å². The van der Waals surface area contributed by atoms with Crippen molar-refractivity contribution >= 4 is 17.6 Å². The van der Waals surface area contributed by atoms with Crippen LogP contribution in [0.3, 0.4) is 0 Å². The van der Waals surface area contributed by atoms with Crippen LogP contribution in [0.4, 0.5) is 0 Å². The first-order valence-corrected chi connectivity index (χ1v) is 24.0. The van der Waals surface area contributed by atoms with Crippen LogP contribution in [0.25, 0.3) is 0 Å². The summed E-state index contributed by atoms with van der Waals surface area (Å²) in [5.41, 5.74) is 3.43. The van der Waals surface area contributed by atoms with Crippen LogP contribution in [-0.4, -0.2) is 106 Å². The third-order valence-electron chi connectivity index (χ3n) is 12.0. The second-order valence-electron chi connectivity index (χ2n) is 16.8. The van der Waals surface area contributed by atoms with Crippen molar-refractivity contribution in [3.63, 3.8) is 0 Å². The molecule has 0 aromatic heterocycles. The minimum atomic E-state index is -1.49. The Bertz CT molecular complexity index is 2450.